The maximum atomic E-state index is 11.4. The van der Waals surface area contributed by atoms with Crippen molar-refractivity contribution in [2.45, 2.75) is 64.7 Å². The number of hydrogen-bond acceptors (Lipinski definition) is 3. The SMILES string of the molecule is CC/C=C\C/C=C\C/C=C\C/C=C\C/C=C\C/C=C\CCC(=O)CCOC=O. The summed E-state index contributed by atoms with van der Waals surface area (Å²) < 4.78 is 4.51. The van der Waals surface area contributed by atoms with Crippen molar-refractivity contribution in [2.24, 2.45) is 0 Å². The number of ketones is 1. The molecule has 0 aliphatic rings. The first kappa shape index (κ1) is 25.6. The van der Waals surface area contributed by atoms with Crippen molar-refractivity contribution in [3.63, 3.8) is 0 Å². The van der Waals surface area contributed by atoms with E-state index >= 15 is 0 Å². The predicted octanol–water partition coefficient (Wildman–Crippen LogP) is 6.60. The number of carbonyl (C=O) groups is 2. The molecule has 0 radical (unpaired) electrons. The third-order valence-electron chi connectivity index (χ3n) is 3.75. The van der Waals surface area contributed by atoms with Crippen LogP contribution in [-0.2, 0) is 14.3 Å². The molecule has 0 spiro atoms. The van der Waals surface area contributed by atoms with Crippen LogP contribution in [0.2, 0.25) is 0 Å². The molecule has 28 heavy (non-hydrogen) atoms. The fourth-order valence-corrected chi connectivity index (χ4v) is 2.23. The van der Waals surface area contributed by atoms with Crippen molar-refractivity contribution in [3.05, 3.63) is 72.9 Å². The molecule has 0 fully saturated rings. The fraction of sp³-hybridized carbons (Fsp3) is 0.440. The number of allylic oxidation sites excluding steroid dienone is 12. The van der Waals surface area contributed by atoms with E-state index in [1.54, 1.807) is 0 Å². The standard InChI is InChI=1S/C25H36O3/c1-2-3-4-5-6-7-8-9-10-11-12-13-14-15-16-17-18-19-20-21-25(27)22-23-28-24-26/h3-4,6-7,9-10,12-13,15-16,18-19,24H,2,5,8,11,14,17,20-23H2,1H3/b4-3-,7-6-,10-9-,13-12-,16-15-,19-18-. The number of hydrogen-bond donors (Lipinski definition) is 0. The number of rotatable bonds is 18. The van der Waals surface area contributed by atoms with Crippen LogP contribution in [0.4, 0.5) is 0 Å². The molecular weight excluding hydrogens is 348 g/mol. The highest BCUT2D eigenvalue weighted by Crippen LogP contribution is 1.99. The summed E-state index contributed by atoms with van der Waals surface area (Å²) in [4.78, 5) is 21.4. The van der Waals surface area contributed by atoms with E-state index in [0.29, 0.717) is 19.3 Å². The molecule has 0 aromatic rings. The van der Waals surface area contributed by atoms with E-state index < -0.39 is 0 Å². The summed E-state index contributed by atoms with van der Waals surface area (Å²) in [7, 11) is 0. The Hall–Kier alpha value is -2.42. The van der Waals surface area contributed by atoms with Crippen LogP contribution in [0.25, 0.3) is 0 Å². The van der Waals surface area contributed by atoms with Gasteiger partial charge in [-0.05, 0) is 44.9 Å². The maximum Gasteiger partial charge on any atom is 0.293 e. The summed E-state index contributed by atoms with van der Waals surface area (Å²) in [6.45, 7) is 2.71. The van der Waals surface area contributed by atoms with Crippen LogP contribution in [0.1, 0.15) is 64.7 Å². The van der Waals surface area contributed by atoms with Gasteiger partial charge >= 0.3 is 0 Å². The lowest BCUT2D eigenvalue weighted by Crippen LogP contribution is -2.02. The lowest BCUT2D eigenvalue weighted by atomic mass is 10.1. The van der Waals surface area contributed by atoms with E-state index in [1.807, 2.05) is 6.08 Å². The van der Waals surface area contributed by atoms with E-state index in [1.165, 1.54) is 0 Å². The van der Waals surface area contributed by atoms with E-state index in [0.717, 1.165) is 44.9 Å². The molecule has 0 aliphatic carbocycles. The minimum absolute atomic E-state index is 0.126. The molecule has 154 valence electrons. The highest BCUT2D eigenvalue weighted by Gasteiger charge is 1.99. The van der Waals surface area contributed by atoms with Gasteiger partial charge in [0.05, 0.1) is 6.61 Å². The van der Waals surface area contributed by atoms with Gasteiger partial charge in [-0.25, -0.2) is 0 Å². The molecule has 0 saturated heterocycles. The highest BCUT2D eigenvalue weighted by atomic mass is 16.5. The van der Waals surface area contributed by atoms with Gasteiger partial charge in [0, 0.05) is 12.8 Å². The van der Waals surface area contributed by atoms with Crippen LogP contribution in [0.5, 0.6) is 0 Å². The van der Waals surface area contributed by atoms with Crippen molar-refractivity contribution >= 4 is 12.3 Å². The molecule has 0 bridgehead atoms. The molecule has 0 saturated carbocycles. The molecule has 0 aromatic carbocycles. The summed E-state index contributed by atoms with van der Waals surface area (Å²) in [6.07, 6.45) is 33.4. The van der Waals surface area contributed by atoms with Gasteiger partial charge in [-0.1, -0.05) is 79.8 Å². The number of ether oxygens (including phenoxy) is 1. The second-order valence-electron chi connectivity index (χ2n) is 6.21. The smallest absolute Gasteiger partial charge is 0.293 e. The van der Waals surface area contributed by atoms with Crippen LogP contribution < -0.4 is 0 Å². The Morgan fingerprint density at radius 2 is 1.07 bits per heavy atom. The predicted molar refractivity (Wildman–Crippen MR) is 119 cm³/mol. The second kappa shape index (κ2) is 22.6. The molecule has 0 amide bonds. The lowest BCUT2D eigenvalue weighted by Gasteiger charge is -1.97. The molecular formula is C25H36O3. The second-order valence-corrected chi connectivity index (χ2v) is 6.21. The highest BCUT2D eigenvalue weighted by molar-refractivity contribution is 5.78. The van der Waals surface area contributed by atoms with Crippen LogP contribution in [0, 0.1) is 0 Å². The maximum absolute atomic E-state index is 11.4. The van der Waals surface area contributed by atoms with Crippen molar-refractivity contribution < 1.29 is 14.3 Å². The summed E-state index contributed by atoms with van der Waals surface area (Å²) in [5, 5.41) is 0. The van der Waals surface area contributed by atoms with Crippen LogP contribution in [0.15, 0.2) is 72.9 Å². The fourth-order valence-electron chi connectivity index (χ4n) is 2.23. The minimum atomic E-state index is 0.126. The van der Waals surface area contributed by atoms with Crippen molar-refractivity contribution in [2.75, 3.05) is 6.61 Å². The molecule has 0 aliphatic heterocycles. The molecule has 0 aromatic heterocycles. The molecule has 0 unspecified atom stereocenters. The van der Waals surface area contributed by atoms with Crippen molar-refractivity contribution in [3.8, 4) is 0 Å². The average molecular weight is 385 g/mol. The van der Waals surface area contributed by atoms with Gasteiger partial charge < -0.3 is 4.74 Å². The number of Topliss-reactive ketones (excluding diaryl/α,β-unsaturated/α-hetero) is 1. The van der Waals surface area contributed by atoms with Gasteiger partial charge in [-0.15, -0.1) is 0 Å². The molecule has 3 heteroatoms. The molecule has 0 rings (SSSR count). The zero-order valence-corrected chi connectivity index (χ0v) is 17.3. The largest absolute Gasteiger partial charge is 0.467 e. The molecule has 0 atom stereocenters. The van der Waals surface area contributed by atoms with E-state index in [9.17, 15) is 9.59 Å². The molecule has 0 heterocycles. The minimum Gasteiger partial charge on any atom is -0.467 e. The normalized spacial score (nSPS) is 12.6. The van der Waals surface area contributed by atoms with Crippen molar-refractivity contribution in [1.82, 2.24) is 0 Å². The molecule has 3 nitrogen and oxygen atoms in total. The Morgan fingerprint density at radius 3 is 1.50 bits per heavy atom. The van der Waals surface area contributed by atoms with Gasteiger partial charge in [0.25, 0.3) is 6.47 Å². The quantitative estimate of drug-likeness (QED) is 0.152. The average Bonchev–Trinajstić information content (AvgIpc) is 2.70. The molecule has 0 N–H and O–H groups in total. The van der Waals surface area contributed by atoms with E-state index in [2.05, 4.69) is 78.5 Å². The Morgan fingerprint density at radius 1 is 0.643 bits per heavy atom. The zero-order chi connectivity index (χ0) is 20.5. The van der Waals surface area contributed by atoms with E-state index in [4.69, 9.17) is 0 Å². The lowest BCUT2D eigenvalue weighted by molar-refractivity contribution is -0.130. The Bertz CT molecular complexity index is 548. The third-order valence-corrected chi connectivity index (χ3v) is 3.75. The van der Waals surface area contributed by atoms with Gasteiger partial charge in [0.1, 0.15) is 5.78 Å². The first-order valence-electron chi connectivity index (χ1n) is 10.3. The van der Waals surface area contributed by atoms with Gasteiger partial charge in [-0.2, -0.15) is 0 Å². The third kappa shape index (κ3) is 21.6. The summed E-state index contributed by atoms with van der Waals surface area (Å²) in [6, 6.07) is 0. The first-order valence-corrected chi connectivity index (χ1v) is 10.3. The zero-order valence-electron chi connectivity index (χ0n) is 17.3. The first-order chi connectivity index (χ1) is 13.8. The Labute approximate surface area is 171 Å². The topological polar surface area (TPSA) is 43.4 Å². The Kier molecular flexibility index (Phi) is 20.7. The van der Waals surface area contributed by atoms with Crippen molar-refractivity contribution in [1.29, 1.82) is 0 Å². The van der Waals surface area contributed by atoms with E-state index in [-0.39, 0.29) is 12.4 Å². The van der Waals surface area contributed by atoms with Crippen LogP contribution in [0.3, 0.4) is 0 Å². The van der Waals surface area contributed by atoms with Crippen LogP contribution >= 0.6 is 0 Å². The Balaban J connectivity index is 3.55. The van der Waals surface area contributed by atoms with Gasteiger partial charge in [0.2, 0.25) is 0 Å². The summed E-state index contributed by atoms with van der Waals surface area (Å²) >= 11 is 0. The summed E-state index contributed by atoms with van der Waals surface area (Å²) in [5.41, 5.74) is 0. The summed E-state index contributed by atoms with van der Waals surface area (Å²) in [5.74, 6) is 0.126. The monoisotopic (exact) mass is 384 g/mol. The van der Waals surface area contributed by atoms with Gasteiger partial charge in [-0.3, -0.25) is 9.59 Å². The van der Waals surface area contributed by atoms with Gasteiger partial charge in [0.15, 0.2) is 0 Å². The van der Waals surface area contributed by atoms with Crippen LogP contribution in [-0.4, -0.2) is 18.9 Å². The number of carbonyl (C=O) groups excluding carboxylic acids is 2.